The molecule has 0 N–H and O–H groups in total. The zero-order valence-electron chi connectivity index (χ0n) is 10.4. The molecule has 0 radical (unpaired) electrons. The number of quaternary nitrogens is 1. The Balaban J connectivity index is 4.22. The molecular formula is C12H24NO2+. The van der Waals surface area contributed by atoms with Crippen molar-refractivity contribution in [2.24, 2.45) is 0 Å². The number of ether oxygens (including phenoxy) is 2. The number of nitrogens with zero attached hydrogens (tertiary/aromatic N) is 1. The first kappa shape index (κ1) is 14.4. The van der Waals surface area contributed by atoms with Gasteiger partial charge in [0, 0.05) is 13.8 Å². The molecule has 0 aromatic carbocycles. The SMILES string of the molecule is C=CCOC(C)[N+](C)(C)C(C)OCC=C. The lowest BCUT2D eigenvalue weighted by molar-refractivity contribution is -0.975. The van der Waals surface area contributed by atoms with Gasteiger partial charge in [-0.15, -0.1) is 13.2 Å². The predicted molar refractivity (Wildman–Crippen MR) is 63.3 cm³/mol. The summed E-state index contributed by atoms with van der Waals surface area (Å²) in [6, 6.07) is 0. The van der Waals surface area contributed by atoms with Gasteiger partial charge in [0.25, 0.3) is 0 Å². The molecule has 0 aromatic heterocycles. The molecule has 0 aliphatic heterocycles. The van der Waals surface area contributed by atoms with Gasteiger partial charge < -0.3 is 9.47 Å². The van der Waals surface area contributed by atoms with Gasteiger partial charge in [-0.25, -0.2) is 0 Å². The van der Waals surface area contributed by atoms with Crippen LogP contribution in [0.4, 0.5) is 0 Å². The fraction of sp³-hybridized carbons (Fsp3) is 0.667. The van der Waals surface area contributed by atoms with E-state index in [0.29, 0.717) is 17.7 Å². The van der Waals surface area contributed by atoms with Crippen LogP contribution in [0, 0.1) is 0 Å². The van der Waals surface area contributed by atoms with Gasteiger partial charge in [0.2, 0.25) is 0 Å². The largest absolute Gasteiger partial charge is 0.325 e. The molecule has 0 saturated heterocycles. The molecule has 2 unspecified atom stereocenters. The molecule has 0 bridgehead atoms. The molecule has 0 fully saturated rings. The van der Waals surface area contributed by atoms with Gasteiger partial charge in [-0.3, -0.25) is 4.48 Å². The van der Waals surface area contributed by atoms with E-state index >= 15 is 0 Å². The molecule has 0 rings (SSSR count). The maximum Gasteiger partial charge on any atom is 0.192 e. The van der Waals surface area contributed by atoms with Crippen molar-refractivity contribution in [1.82, 2.24) is 0 Å². The van der Waals surface area contributed by atoms with Crippen LogP contribution in [0.15, 0.2) is 25.3 Å². The average molecular weight is 214 g/mol. The summed E-state index contributed by atoms with van der Waals surface area (Å²) in [6.45, 7) is 12.5. The van der Waals surface area contributed by atoms with Gasteiger partial charge >= 0.3 is 0 Å². The van der Waals surface area contributed by atoms with Gasteiger partial charge in [-0.2, -0.15) is 0 Å². The highest BCUT2D eigenvalue weighted by atomic mass is 16.5. The highest BCUT2D eigenvalue weighted by Gasteiger charge is 2.31. The lowest BCUT2D eigenvalue weighted by Gasteiger charge is -2.39. The molecular weight excluding hydrogens is 190 g/mol. The van der Waals surface area contributed by atoms with Crippen molar-refractivity contribution in [2.45, 2.75) is 26.3 Å². The van der Waals surface area contributed by atoms with E-state index in [4.69, 9.17) is 9.47 Å². The third kappa shape index (κ3) is 4.60. The Bertz CT molecular complexity index is 182. The first-order valence-corrected chi connectivity index (χ1v) is 5.25. The van der Waals surface area contributed by atoms with Crippen LogP contribution in [-0.2, 0) is 9.47 Å². The Hall–Kier alpha value is -0.640. The molecule has 3 heteroatoms. The zero-order chi connectivity index (χ0) is 11.9. The Kier molecular flexibility index (Phi) is 6.48. The quantitative estimate of drug-likeness (QED) is 0.350. The molecule has 88 valence electrons. The number of hydrogen-bond donors (Lipinski definition) is 0. The van der Waals surface area contributed by atoms with Crippen molar-refractivity contribution in [3.05, 3.63) is 25.3 Å². The van der Waals surface area contributed by atoms with Gasteiger partial charge in [-0.1, -0.05) is 12.2 Å². The van der Waals surface area contributed by atoms with Crippen LogP contribution in [0.1, 0.15) is 13.8 Å². The summed E-state index contributed by atoms with van der Waals surface area (Å²) >= 11 is 0. The lowest BCUT2D eigenvalue weighted by Crippen LogP contribution is -2.55. The zero-order valence-corrected chi connectivity index (χ0v) is 10.4. The Labute approximate surface area is 93.6 Å². The minimum Gasteiger partial charge on any atom is -0.325 e. The van der Waals surface area contributed by atoms with Crippen molar-refractivity contribution in [1.29, 1.82) is 0 Å². The van der Waals surface area contributed by atoms with E-state index in [-0.39, 0.29) is 12.5 Å². The smallest absolute Gasteiger partial charge is 0.192 e. The summed E-state index contributed by atoms with van der Waals surface area (Å²) < 4.78 is 11.9. The second-order valence-corrected chi connectivity index (χ2v) is 4.07. The van der Waals surface area contributed by atoms with Crippen LogP contribution in [0.3, 0.4) is 0 Å². The van der Waals surface area contributed by atoms with Crippen LogP contribution in [-0.4, -0.2) is 44.2 Å². The molecule has 0 aliphatic rings. The van der Waals surface area contributed by atoms with E-state index in [2.05, 4.69) is 27.3 Å². The third-order valence-corrected chi connectivity index (χ3v) is 2.78. The summed E-state index contributed by atoms with van der Waals surface area (Å²) in [6.07, 6.45) is 3.66. The van der Waals surface area contributed by atoms with Gasteiger partial charge in [0.05, 0.1) is 27.3 Å². The highest BCUT2D eigenvalue weighted by Crippen LogP contribution is 2.15. The Morgan fingerprint density at radius 2 is 1.33 bits per heavy atom. The van der Waals surface area contributed by atoms with Crippen molar-refractivity contribution in [2.75, 3.05) is 27.3 Å². The van der Waals surface area contributed by atoms with Crippen molar-refractivity contribution >= 4 is 0 Å². The maximum absolute atomic E-state index is 5.61. The summed E-state index contributed by atoms with van der Waals surface area (Å²) in [5, 5.41) is 0. The minimum atomic E-state index is 0.0721. The first-order chi connectivity index (χ1) is 6.96. The summed E-state index contributed by atoms with van der Waals surface area (Å²) in [5.74, 6) is 0. The van der Waals surface area contributed by atoms with Crippen LogP contribution < -0.4 is 0 Å². The van der Waals surface area contributed by atoms with Gasteiger partial charge in [-0.05, 0) is 0 Å². The first-order valence-electron chi connectivity index (χ1n) is 5.25. The summed E-state index contributed by atoms with van der Waals surface area (Å²) in [7, 11) is 4.17. The van der Waals surface area contributed by atoms with Gasteiger partial charge in [0.15, 0.2) is 12.5 Å². The standard InChI is InChI=1S/C12H24NO2/c1-7-9-14-11(3)13(5,6)12(4)15-10-8-2/h7-8,11-12H,1-2,9-10H2,3-6H3/q+1. The predicted octanol–water partition coefficient (Wildman–Crippen LogP) is 2.16. The molecule has 0 heterocycles. The maximum atomic E-state index is 5.61. The van der Waals surface area contributed by atoms with E-state index in [1.165, 1.54) is 0 Å². The van der Waals surface area contributed by atoms with Crippen LogP contribution >= 0.6 is 0 Å². The highest BCUT2D eigenvalue weighted by molar-refractivity contribution is 4.65. The molecule has 3 nitrogen and oxygen atoms in total. The second kappa shape index (κ2) is 6.77. The van der Waals surface area contributed by atoms with Crippen LogP contribution in [0.2, 0.25) is 0 Å². The molecule has 0 aliphatic carbocycles. The number of rotatable bonds is 8. The number of hydrogen-bond acceptors (Lipinski definition) is 2. The minimum absolute atomic E-state index is 0.0721. The molecule has 0 spiro atoms. The normalized spacial score (nSPS) is 15.7. The molecule has 0 amide bonds. The molecule has 2 atom stereocenters. The molecule has 0 aromatic rings. The van der Waals surface area contributed by atoms with E-state index in [0.717, 1.165) is 0 Å². The van der Waals surface area contributed by atoms with Gasteiger partial charge in [0.1, 0.15) is 0 Å². The van der Waals surface area contributed by atoms with Crippen LogP contribution in [0.5, 0.6) is 0 Å². The topological polar surface area (TPSA) is 18.5 Å². The van der Waals surface area contributed by atoms with Crippen LogP contribution in [0.25, 0.3) is 0 Å². The Morgan fingerprint density at radius 1 is 1.00 bits per heavy atom. The van der Waals surface area contributed by atoms with Crippen molar-refractivity contribution < 1.29 is 14.0 Å². The Morgan fingerprint density at radius 3 is 1.60 bits per heavy atom. The van der Waals surface area contributed by atoms with E-state index < -0.39 is 0 Å². The fourth-order valence-electron chi connectivity index (χ4n) is 1.09. The summed E-state index contributed by atoms with van der Waals surface area (Å²) in [5.41, 5.74) is 0. The fourth-order valence-corrected chi connectivity index (χ4v) is 1.09. The summed E-state index contributed by atoms with van der Waals surface area (Å²) in [4.78, 5) is 0. The van der Waals surface area contributed by atoms with Crippen molar-refractivity contribution in [3.8, 4) is 0 Å². The van der Waals surface area contributed by atoms with Crippen molar-refractivity contribution in [3.63, 3.8) is 0 Å². The monoisotopic (exact) mass is 214 g/mol. The lowest BCUT2D eigenvalue weighted by atomic mass is 10.4. The van der Waals surface area contributed by atoms with E-state index in [1.807, 2.05) is 13.8 Å². The molecule has 0 saturated carbocycles. The third-order valence-electron chi connectivity index (χ3n) is 2.78. The second-order valence-electron chi connectivity index (χ2n) is 4.07. The molecule has 15 heavy (non-hydrogen) atoms. The average Bonchev–Trinajstić information content (AvgIpc) is 2.21. The van der Waals surface area contributed by atoms with E-state index in [1.54, 1.807) is 12.2 Å². The van der Waals surface area contributed by atoms with E-state index in [9.17, 15) is 0 Å².